The molecule has 142 valence electrons. The number of halogens is 1. The van der Waals surface area contributed by atoms with Gasteiger partial charge >= 0.3 is 5.97 Å². The SMILES string of the molecule is CC1CCC(N(C)C(=O)COC(=O)c2cc(Cl)c3c(c2)OCCO3)CC1. The first-order chi connectivity index (χ1) is 12.5. The number of esters is 1. The summed E-state index contributed by atoms with van der Waals surface area (Å²) in [6, 6.07) is 3.22. The smallest absolute Gasteiger partial charge is 0.338 e. The van der Waals surface area contributed by atoms with E-state index in [4.69, 9.17) is 25.8 Å². The van der Waals surface area contributed by atoms with E-state index in [1.807, 2.05) is 0 Å². The molecule has 6 nitrogen and oxygen atoms in total. The van der Waals surface area contributed by atoms with Crippen LogP contribution in [0.25, 0.3) is 0 Å². The Hall–Kier alpha value is -1.95. The number of fused-ring (bicyclic) bond motifs is 1. The Morgan fingerprint density at radius 1 is 1.19 bits per heavy atom. The molecule has 1 aliphatic carbocycles. The molecule has 1 amide bonds. The molecule has 0 saturated heterocycles. The van der Waals surface area contributed by atoms with Crippen LogP contribution >= 0.6 is 11.6 Å². The van der Waals surface area contributed by atoms with Crippen LogP contribution in [-0.2, 0) is 9.53 Å². The van der Waals surface area contributed by atoms with Gasteiger partial charge in [-0.25, -0.2) is 4.79 Å². The zero-order valence-electron chi connectivity index (χ0n) is 15.1. The van der Waals surface area contributed by atoms with Crippen molar-refractivity contribution < 1.29 is 23.8 Å². The van der Waals surface area contributed by atoms with E-state index in [9.17, 15) is 9.59 Å². The van der Waals surface area contributed by atoms with Crippen LogP contribution in [0.15, 0.2) is 12.1 Å². The van der Waals surface area contributed by atoms with Gasteiger partial charge in [-0.2, -0.15) is 0 Å². The summed E-state index contributed by atoms with van der Waals surface area (Å²) in [4.78, 5) is 26.3. The van der Waals surface area contributed by atoms with Gasteiger partial charge in [-0.1, -0.05) is 18.5 Å². The average molecular weight is 382 g/mol. The highest BCUT2D eigenvalue weighted by Gasteiger charge is 2.26. The number of likely N-dealkylation sites (N-methyl/N-ethyl adjacent to an activating group) is 1. The molecule has 1 fully saturated rings. The van der Waals surface area contributed by atoms with E-state index in [-0.39, 0.29) is 29.1 Å². The fourth-order valence-corrected chi connectivity index (χ4v) is 3.64. The lowest BCUT2D eigenvalue weighted by Crippen LogP contribution is -2.41. The highest BCUT2D eigenvalue weighted by molar-refractivity contribution is 6.32. The molecule has 1 aliphatic heterocycles. The Morgan fingerprint density at radius 3 is 2.62 bits per heavy atom. The molecule has 3 rings (SSSR count). The Morgan fingerprint density at radius 2 is 1.88 bits per heavy atom. The third-order valence-corrected chi connectivity index (χ3v) is 5.37. The maximum atomic E-state index is 12.3. The van der Waals surface area contributed by atoms with Crippen LogP contribution < -0.4 is 9.47 Å². The van der Waals surface area contributed by atoms with Crippen molar-refractivity contribution >= 4 is 23.5 Å². The van der Waals surface area contributed by atoms with Crippen LogP contribution in [0.4, 0.5) is 0 Å². The van der Waals surface area contributed by atoms with Crippen LogP contribution in [0, 0.1) is 5.92 Å². The van der Waals surface area contributed by atoms with Gasteiger partial charge in [-0.15, -0.1) is 0 Å². The molecule has 1 aromatic rings. The van der Waals surface area contributed by atoms with Crippen molar-refractivity contribution in [3.05, 3.63) is 22.7 Å². The molecule has 1 aromatic carbocycles. The van der Waals surface area contributed by atoms with Crippen molar-refractivity contribution in [2.75, 3.05) is 26.9 Å². The number of carbonyl (C=O) groups excluding carboxylic acids is 2. The zero-order valence-corrected chi connectivity index (χ0v) is 15.9. The molecule has 1 heterocycles. The topological polar surface area (TPSA) is 65.1 Å². The first-order valence-corrected chi connectivity index (χ1v) is 9.35. The van der Waals surface area contributed by atoms with Crippen LogP contribution in [0.5, 0.6) is 11.5 Å². The van der Waals surface area contributed by atoms with E-state index in [1.165, 1.54) is 12.1 Å². The summed E-state index contributed by atoms with van der Waals surface area (Å²) in [5.41, 5.74) is 0.237. The summed E-state index contributed by atoms with van der Waals surface area (Å²) in [7, 11) is 1.78. The van der Waals surface area contributed by atoms with Crippen molar-refractivity contribution in [2.45, 2.75) is 38.6 Å². The highest BCUT2D eigenvalue weighted by atomic mass is 35.5. The number of hydrogen-bond donors (Lipinski definition) is 0. The minimum atomic E-state index is -0.608. The minimum Gasteiger partial charge on any atom is -0.486 e. The normalized spacial score (nSPS) is 21.8. The van der Waals surface area contributed by atoms with Crippen molar-refractivity contribution in [2.24, 2.45) is 5.92 Å². The molecule has 0 radical (unpaired) electrons. The molecule has 0 N–H and O–H groups in total. The number of carbonyl (C=O) groups is 2. The average Bonchev–Trinajstić information content (AvgIpc) is 2.65. The molecule has 7 heteroatoms. The fourth-order valence-electron chi connectivity index (χ4n) is 3.37. The van der Waals surface area contributed by atoms with Crippen LogP contribution in [0.3, 0.4) is 0 Å². The quantitative estimate of drug-likeness (QED) is 0.748. The standard InChI is InChI=1S/C19H24ClNO5/c1-12-3-5-14(6-4-12)21(2)17(22)11-26-19(23)13-9-15(20)18-16(10-13)24-7-8-25-18/h9-10,12,14H,3-8,11H2,1-2H3. The Labute approximate surface area is 158 Å². The van der Waals surface area contributed by atoms with Crippen LogP contribution in [-0.4, -0.2) is 49.7 Å². The Bertz CT molecular complexity index is 685. The fraction of sp³-hybridized carbons (Fsp3) is 0.579. The molecular weight excluding hydrogens is 358 g/mol. The maximum absolute atomic E-state index is 12.3. The second-order valence-corrected chi connectivity index (χ2v) is 7.38. The molecule has 26 heavy (non-hydrogen) atoms. The predicted molar refractivity (Wildman–Crippen MR) is 96.9 cm³/mol. The number of amides is 1. The summed E-state index contributed by atoms with van der Waals surface area (Å²) in [6.45, 7) is 2.76. The summed E-state index contributed by atoms with van der Waals surface area (Å²) in [6.07, 6.45) is 4.24. The van der Waals surface area contributed by atoms with E-state index in [1.54, 1.807) is 11.9 Å². The summed E-state index contributed by atoms with van der Waals surface area (Å²) in [5.74, 6) is 0.754. The van der Waals surface area contributed by atoms with Crippen molar-refractivity contribution in [3.8, 4) is 11.5 Å². The number of nitrogens with zero attached hydrogens (tertiary/aromatic N) is 1. The van der Waals surface area contributed by atoms with Gasteiger partial charge in [0.2, 0.25) is 0 Å². The molecule has 2 aliphatic rings. The van der Waals surface area contributed by atoms with Crippen molar-refractivity contribution in [1.82, 2.24) is 4.90 Å². The van der Waals surface area contributed by atoms with Gasteiger partial charge < -0.3 is 19.1 Å². The van der Waals surface area contributed by atoms with E-state index in [0.29, 0.717) is 30.6 Å². The molecule has 0 atom stereocenters. The van der Waals surface area contributed by atoms with Gasteiger partial charge in [-0.05, 0) is 43.7 Å². The number of rotatable bonds is 4. The monoisotopic (exact) mass is 381 g/mol. The molecule has 0 spiro atoms. The molecule has 0 unspecified atom stereocenters. The van der Waals surface area contributed by atoms with Gasteiger partial charge in [-0.3, -0.25) is 4.79 Å². The van der Waals surface area contributed by atoms with Gasteiger partial charge in [0, 0.05) is 13.1 Å². The van der Waals surface area contributed by atoms with Crippen molar-refractivity contribution in [3.63, 3.8) is 0 Å². The van der Waals surface area contributed by atoms with Gasteiger partial charge in [0.1, 0.15) is 13.2 Å². The molecular formula is C19H24ClNO5. The zero-order chi connectivity index (χ0) is 18.7. The van der Waals surface area contributed by atoms with Crippen LogP contribution in [0.2, 0.25) is 5.02 Å². The summed E-state index contributed by atoms with van der Waals surface area (Å²) < 4.78 is 16.1. The second-order valence-electron chi connectivity index (χ2n) is 6.98. The molecule has 0 aromatic heterocycles. The lowest BCUT2D eigenvalue weighted by atomic mass is 9.87. The van der Waals surface area contributed by atoms with Gasteiger partial charge in [0.25, 0.3) is 5.91 Å². The first-order valence-electron chi connectivity index (χ1n) is 8.97. The second kappa shape index (κ2) is 8.16. The lowest BCUT2D eigenvalue weighted by molar-refractivity contribution is -0.136. The van der Waals surface area contributed by atoms with E-state index < -0.39 is 5.97 Å². The summed E-state index contributed by atoms with van der Waals surface area (Å²) >= 11 is 6.13. The third-order valence-electron chi connectivity index (χ3n) is 5.09. The predicted octanol–water partition coefficient (Wildman–Crippen LogP) is 3.31. The van der Waals surface area contributed by atoms with Crippen LogP contribution in [0.1, 0.15) is 43.0 Å². The highest BCUT2D eigenvalue weighted by Crippen LogP contribution is 2.38. The van der Waals surface area contributed by atoms with E-state index in [2.05, 4.69) is 6.92 Å². The van der Waals surface area contributed by atoms with E-state index >= 15 is 0 Å². The minimum absolute atomic E-state index is 0.193. The van der Waals surface area contributed by atoms with Gasteiger partial charge in [0.15, 0.2) is 18.1 Å². The first kappa shape index (κ1) is 18.8. The maximum Gasteiger partial charge on any atom is 0.338 e. The molecule has 1 saturated carbocycles. The Kier molecular flexibility index (Phi) is 5.91. The van der Waals surface area contributed by atoms with Gasteiger partial charge in [0.05, 0.1) is 10.6 Å². The number of hydrogen-bond acceptors (Lipinski definition) is 5. The van der Waals surface area contributed by atoms with E-state index in [0.717, 1.165) is 25.7 Å². The lowest BCUT2D eigenvalue weighted by Gasteiger charge is -2.33. The number of ether oxygens (including phenoxy) is 3. The largest absolute Gasteiger partial charge is 0.486 e. The third kappa shape index (κ3) is 4.23. The Balaban J connectivity index is 1.56. The van der Waals surface area contributed by atoms with Crippen molar-refractivity contribution in [1.29, 1.82) is 0 Å². The number of benzene rings is 1. The molecule has 0 bridgehead atoms. The summed E-state index contributed by atoms with van der Waals surface area (Å²) in [5, 5.41) is 0.286.